The maximum absolute atomic E-state index is 11.7. The van der Waals surface area contributed by atoms with Crippen LogP contribution in [-0.4, -0.2) is 24.5 Å². The molecule has 6 heteroatoms. The molecule has 0 spiro atoms. The Morgan fingerprint density at radius 2 is 2.14 bits per heavy atom. The standard InChI is InChI=1S/C15H19N3O2S/c1-10-15-13(16)7-4-8-14(15)18(17-10)11-5-3-6-12(9-11)21(2,19)20/h3,5-6,9,13H,4,7-8,16H2,1-2H3. The number of aryl methyl sites for hydroxylation is 1. The molecular weight excluding hydrogens is 286 g/mol. The molecule has 2 N–H and O–H groups in total. The van der Waals surface area contributed by atoms with E-state index >= 15 is 0 Å². The number of hydrogen-bond acceptors (Lipinski definition) is 4. The summed E-state index contributed by atoms with van der Waals surface area (Å²) in [6, 6.07) is 6.93. The lowest BCUT2D eigenvalue weighted by molar-refractivity contribution is 0.556. The smallest absolute Gasteiger partial charge is 0.175 e. The second-order valence-electron chi connectivity index (χ2n) is 5.63. The Balaban J connectivity index is 2.16. The summed E-state index contributed by atoms with van der Waals surface area (Å²) >= 11 is 0. The quantitative estimate of drug-likeness (QED) is 0.919. The van der Waals surface area contributed by atoms with Crippen molar-refractivity contribution in [2.45, 2.75) is 37.1 Å². The number of hydrogen-bond donors (Lipinski definition) is 1. The van der Waals surface area contributed by atoms with E-state index in [0.29, 0.717) is 4.90 Å². The molecule has 0 bridgehead atoms. The molecule has 1 aliphatic rings. The molecule has 0 radical (unpaired) electrons. The van der Waals surface area contributed by atoms with Crippen LogP contribution in [0.1, 0.15) is 35.8 Å². The Morgan fingerprint density at radius 3 is 2.86 bits per heavy atom. The summed E-state index contributed by atoms with van der Waals surface area (Å²) in [6.07, 6.45) is 4.15. The van der Waals surface area contributed by atoms with Crippen LogP contribution in [0.2, 0.25) is 0 Å². The van der Waals surface area contributed by atoms with Crippen molar-refractivity contribution in [1.82, 2.24) is 9.78 Å². The number of aromatic nitrogens is 2. The van der Waals surface area contributed by atoms with Gasteiger partial charge in [0.25, 0.3) is 0 Å². The van der Waals surface area contributed by atoms with Gasteiger partial charge in [0.1, 0.15) is 0 Å². The van der Waals surface area contributed by atoms with Gasteiger partial charge in [-0.15, -0.1) is 0 Å². The van der Waals surface area contributed by atoms with Crippen molar-refractivity contribution in [3.05, 3.63) is 41.2 Å². The molecule has 0 saturated heterocycles. The fraction of sp³-hybridized carbons (Fsp3) is 0.400. The number of sulfone groups is 1. The van der Waals surface area contributed by atoms with Crippen LogP contribution >= 0.6 is 0 Å². The topological polar surface area (TPSA) is 78.0 Å². The monoisotopic (exact) mass is 305 g/mol. The minimum absolute atomic E-state index is 0.0283. The summed E-state index contributed by atoms with van der Waals surface area (Å²) in [7, 11) is -3.22. The first-order valence-corrected chi connectivity index (χ1v) is 8.91. The maximum atomic E-state index is 11.7. The van der Waals surface area contributed by atoms with Crippen LogP contribution in [0.5, 0.6) is 0 Å². The third-order valence-corrected chi connectivity index (χ3v) is 5.11. The lowest BCUT2D eigenvalue weighted by Gasteiger charge is -2.20. The summed E-state index contributed by atoms with van der Waals surface area (Å²) in [5, 5.41) is 4.58. The summed E-state index contributed by atoms with van der Waals surface area (Å²) in [5.41, 5.74) is 10.1. The van der Waals surface area contributed by atoms with Crippen LogP contribution in [0, 0.1) is 6.92 Å². The van der Waals surface area contributed by atoms with Gasteiger partial charge in [0, 0.05) is 23.6 Å². The first-order valence-electron chi connectivity index (χ1n) is 7.02. The highest BCUT2D eigenvalue weighted by atomic mass is 32.2. The second-order valence-corrected chi connectivity index (χ2v) is 7.64. The molecule has 112 valence electrons. The van der Waals surface area contributed by atoms with E-state index in [2.05, 4.69) is 5.10 Å². The number of fused-ring (bicyclic) bond motifs is 1. The van der Waals surface area contributed by atoms with Crippen molar-refractivity contribution in [2.75, 3.05) is 6.26 Å². The van der Waals surface area contributed by atoms with Gasteiger partial charge in [-0.05, 0) is 44.4 Å². The molecule has 0 saturated carbocycles. The zero-order valence-electron chi connectivity index (χ0n) is 12.2. The molecule has 0 fully saturated rings. The highest BCUT2D eigenvalue weighted by molar-refractivity contribution is 7.90. The van der Waals surface area contributed by atoms with E-state index in [0.717, 1.165) is 41.9 Å². The third kappa shape index (κ3) is 2.49. The van der Waals surface area contributed by atoms with Gasteiger partial charge in [0.15, 0.2) is 9.84 Å². The molecule has 5 nitrogen and oxygen atoms in total. The third-order valence-electron chi connectivity index (χ3n) is 4.00. The van der Waals surface area contributed by atoms with Gasteiger partial charge < -0.3 is 5.73 Å². The van der Waals surface area contributed by atoms with Gasteiger partial charge >= 0.3 is 0 Å². The molecule has 2 aromatic rings. The minimum atomic E-state index is -3.22. The molecule has 0 aliphatic heterocycles. The summed E-state index contributed by atoms with van der Waals surface area (Å²) < 4.78 is 25.3. The van der Waals surface area contributed by atoms with Crippen molar-refractivity contribution < 1.29 is 8.42 Å². The van der Waals surface area contributed by atoms with E-state index < -0.39 is 9.84 Å². The van der Waals surface area contributed by atoms with Crippen molar-refractivity contribution >= 4 is 9.84 Å². The molecule has 0 amide bonds. The van der Waals surface area contributed by atoms with E-state index in [1.165, 1.54) is 6.26 Å². The van der Waals surface area contributed by atoms with E-state index in [1.807, 2.05) is 17.7 Å². The number of nitrogens with zero attached hydrogens (tertiary/aromatic N) is 2. The van der Waals surface area contributed by atoms with Crippen molar-refractivity contribution in [3.63, 3.8) is 0 Å². The highest BCUT2D eigenvalue weighted by Gasteiger charge is 2.25. The van der Waals surface area contributed by atoms with E-state index in [4.69, 9.17) is 5.73 Å². The molecule has 1 atom stereocenters. The van der Waals surface area contributed by atoms with Gasteiger partial charge in [-0.25, -0.2) is 13.1 Å². The summed E-state index contributed by atoms with van der Waals surface area (Å²) in [5.74, 6) is 0. The first-order chi connectivity index (χ1) is 9.88. The Bertz CT molecular complexity index is 793. The maximum Gasteiger partial charge on any atom is 0.175 e. The average molecular weight is 305 g/mol. The molecule has 1 aromatic carbocycles. The largest absolute Gasteiger partial charge is 0.324 e. The van der Waals surface area contributed by atoms with Crippen LogP contribution in [0.3, 0.4) is 0 Å². The number of nitrogens with two attached hydrogens (primary N) is 1. The van der Waals surface area contributed by atoms with Gasteiger partial charge in [-0.2, -0.15) is 5.10 Å². The van der Waals surface area contributed by atoms with E-state index in [-0.39, 0.29) is 6.04 Å². The molecule has 1 heterocycles. The normalized spacial score (nSPS) is 18.5. The minimum Gasteiger partial charge on any atom is -0.324 e. The van der Waals surface area contributed by atoms with E-state index in [9.17, 15) is 8.42 Å². The van der Waals surface area contributed by atoms with Crippen LogP contribution in [0.4, 0.5) is 0 Å². The summed E-state index contributed by atoms with van der Waals surface area (Å²) in [6.45, 7) is 1.96. The molecule has 1 aromatic heterocycles. The highest BCUT2D eigenvalue weighted by Crippen LogP contribution is 2.32. The van der Waals surface area contributed by atoms with Crippen LogP contribution in [0.25, 0.3) is 5.69 Å². The molecule has 1 aliphatic carbocycles. The second kappa shape index (κ2) is 4.96. The van der Waals surface area contributed by atoms with E-state index in [1.54, 1.807) is 18.2 Å². The summed E-state index contributed by atoms with van der Waals surface area (Å²) in [4.78, 5) is 0.307. The lowest BCUT2D eigenvalue weighted by Crippen LogP contribution is -2.18. The molecule has 21 heavy (non-hydrogen) atoms. The Morgan fingerprint density at radius 1 is 1.38 bits per heavy atom. The van der Waals surface area contributed by atoms with Crippen LogP contribution < -0.4 is 5.73 Å². The fourth-order valence-corrected chi connectivity index (χ4v) is 3.66. The fourth-order valence-electron chi connectivity index (χ4n) is 3.00. The SMILES string of the molecule is Cc1nn(-c2cccc(S(C)(=O)=O)c2)c2c1C(N)CCC2. The Hall–Kier alpha value is -1.66. The van der Waals surface area contributed by atoms with Crippen molar-refractivity contribution in [2.24, 2.45) is 5.73 Å². The number of rotatable bonds is 2. The van der Waals surface area contributed by atoms with Crippen LogP contribution in [0.15, 0.2) is 29.2 Å². The Labute approximate surface area is 124 Å². The predicted octanol–water partition coefficient (Wildman–Crippen LogP) is 1.92. The predicted molar refractivity (Wildman–Crippen MR) is 81.3 cm³/mol. The van der Waals surface area contributed by atoms with Crippen molar-refractivity contribution in [3.8, 4) is 5.69 Å². The molecule has 1 unspecified atom stereocenters. The molecule has 3 rings (SSSR count). The van der Waals surface area contributed by atoms with Gasteiger partial charge in [0.2, 0.25) is 0 Å². The lowest BCUT2D eigenvalue weighted by atomic mass is 9.92. The van der Waals surface area contributed by atoms with Crippen molar-refractivity contribution in [1.29, 1.82) is 0 Å². The Kier molecular flexibility index (Phi) is 3.37. The van der Waals surface area contributed by atoms with Gasteiger partial charge in [-0.1, -0.05) is 6.07 Å². The van der Waals surface area contributed by atoms with Gasteiger partial charge in [0.05, 0.1) is 16.3 Å². The zero-order chi connectivity index (χ0) is 15.2. The number of benzene rings is 1. The van der Waals surface area contributed by atoms with Gasteiger partial charge in [-0.3, -0.25) is 0 Å². The first kappa shape index (κ1) is 14.3. The molecular formula is C15H19N3O2S. The van der Waals surface area contributed by atoms with Crippen LogP contribution in [-0.2, 0) is 16.3 Å². The average Bonchev–Trinajstić information content (AvgIpc) is 2.77. The zero-order valence-corrected chi connectivity index (χ0v) is 13.0.